The molecule has 0 bridgehead atoms. The van der Waals surface area contributed by atoms with E-state index in [2.05, 4.69) is 185 Å². The van der Waals surface area contributed by atoms with Gasteiger partial charge >= 0.3 is 0 Å². The molecule has 0 aromatic heterocycles. The van der Waals surface area contributed by atoms with Crippen LogP contribution in [0, 0.1) is 71.0 Å². The molecule has 712 valence electrons. The molecule has 1 aliphatic rings. The number of hydrogen-bond donors (Lipinski definition) is 0. The zero-order chi connectivity index (χ0) is 93.8. The second-order valence-corrected chi connectivity index (χ2v) is 37.0. The molecular weight excluding hydrogens is 1640 g/mol. The molecule has 0 heterocycles. The summed E-state index contributed by atoms with van der Waals surface area (Å²) in [7, 11) is 3.47. The summed E-state index contributed by atoms with van der Waals surface area (Å²) in [5.74, 6) is 50.0. The van der Waals surface area contributed by atoms with Gasteiger partial charge in [0.05, 0.1) is 39.6 Å². The molecule has 9 aromatic carbocycles. The van der Waals surface area contributed by atoms with Gasteiger partial charge in [-0.2, -0.15) is 0 Å². The second-order valence-electron chi connectivity index (χ2n) is 37.0. The van der Waals surface area contributed by atoms with Gasteiger partial charge in [0.15, 0.2) is 11.2 Å². The molecule has 10 rings (SSSR count). The van der Waals surface area contributed by atoms with Crippen molar-refractivity contribution in [2.75, 3.05) is 53.9 Å². The van der Waals surface area contributed by atoms with Crippen LogP contribution in [0.2, 0.25) is 0 Å². The van der Waals surface area contributed by atoms with Crippen LogP contribution in [0.4, 0.5) is 0 Å². The van der Waals surface area contributed by atoms with Gasteiger partial charge in [-0.3, -0.25) is 0 Å². The van der Waals surface area contributed by atoms with E-state index in [9.17, 15) is 0 Å². The first kappa shape index (κ1) is 106. The van der Waals surface area contributed by atoms with Crippen LogP contribution >= 0.6 is 0 Å². The molecule has 0 saturated heterocycles. The van der Waals surface area contributed by atoms with Crippen molar-refractivity contribution in [3.63, 3.8) is 0 Å². The maximum Gasteiger partial charge on any atom is 0.199 e. The van der Waals surface area contributed by atoms with Crippen LogP contribution in [0.5, 0.6) is 34.5 Å². The molecule has 0 radical (unpaired) electrons. The molecule has 1 aliphatic carbocycles. The first-order chi connectivity index (χ1) is 66.2. The van der Waals surface area contributed by atoms with Crippen molar-refractivity contribution in [3.05, 3.63) is 237 Å². The average molecular weight is 1800 g/mol. The van der Waals surface area contributed by atoms with Crippen molar-refractivity contribution in [3.8, 4) is 106 Å². The lowest BCUT2D eigenvalue weighted by Crippen LogP contribution is -2.52. The molecule has 2 unspecified atom stereocenters. The highest BCUT2D eigenvalue weighted by atomic mass is 16.5. The Kier molecular flexibility index (Phi) is 49.7. The third-order valence-corrected chi connectivity index (χ3v) is 26.0. The monoisotopic (exact) mass is 1800 g/mol. The van der Waals surface area contributed by atoms with E-state index < -0.39 is 11.2 Å². The summed E-state index contributed by atoms with van der Waals surface area (Å²) >= 11 is 0. The molecule has 134 heavy (non-hydrogen) atoms. The fraction of sp³-hybridized carbons (Fsp3) is 0.508. The highest BCUT2D eigenvalue weighted by molar-refractivity contribution is 6.18. The van der Waals surface area contributed by atoms with Crippen molar-refractivity contribution < 1.29 is 37.9 Å². The van der Waals surface area contributed by atoms with Crippen molar-refractivity contribution >= 4 is 21.5 Å². The van der Waals surface area contributed by atoms with Gasteiger partial charge in [-0.1, -0.05) is 382 Å². The number of rotatable bonds is 62. The molecular formula is C126H160O8. The van der Waals surface area contributed by atoms with Crippen molar-refractivity contribution in [2.45, 2.75) is 361 Å². The van der Waals surface area contributed by atoms with E-state index in [-0.39, 0.29) is 0 Å². The second kappa shape index (κ2) is 63.0. The summed E-state index contributed by atoms with van der Waals surface area (Å²) in [5.41, 5.74) is 5.52. The molecule has 8 nitrogen and oxygen atoms in total. The van der Waals surface area contributed by atoms with Gasteiger partial charge in [0, 0.05) is 91.8 Å². The Morgan fingerprint density at radius 2 is 0.358 bits per heavy atom. The summed E-state index contributed by atoms with van der Waals surface area (Å²) in [6.07, 6.45) is 59.1. The minimum absolute atomic E-state index is 0.644. The largest absolute Gasteiger partial charge is 0.494 e. The lowest BCUT2D eigenvalue weighted by molar-refractivity contribution is -0.132. The van der Waals surface area contributed by atoms with E-state index in [0.29, 0.717) is 73.0 Å². The molecule has 0 spiro atoms. The summed E-state index contributed by atoms with van der Waals surface area (Å²) in [4.78, 5) is 0. The fourth-order valence-corrected chi connectivity index (χ4v) is 18.0. The smallest absolute Gasteiger partial charge is 0.199 e. The van der Waals surface area contributed by atoms with E-state index in [0.717, 1.165) is 166 Å². The van der Waals surface area contributed by atoms with Gasteiger partial charge in [-0.25, -0.2) is 0 Å². The summed E-state index contributed by atoms with van der Waals surface area (Å²) in [6, 6.07) is 57.7. The van der Waals surface area contributed by atoms with Gasteiger partial charge in [0.2, 0.25) is 0 Å². The first-order valence-electron chi connectivity index (χ1n) is 52.9. The summed E-state index contributed by atoms with van der Waals surface area (Å²) in [6.45, 7) is 17.6. The van der Waals surface area contributed by atoms with Crippen LogP contribution in [0.3, 0.4) is 0 Å². The van der Waals surface area contributed by atoms with Crippen molar-refractivity contribution in [1.82, 2.24) is 0 Å². The third-order valence-electron chi connectivity index (χ3n) is 26.0. The standard InChI is InChI=1S/C126H160O8/c1-9-15-21-27-33-39-45-51-93-129-111-75-61-103(62-76-111)57-59-109-99-119-117(87-73-105-65-79-113(80-66-105)131-95-53-47-41-35-29-23-17-11-3)118(88-74-106-67-81-114(82-68-106)132-96-54-48-42-36-30-24-18-12-4)120-100-110(60-58-104-63-77-112(78-64-104)130-94-52-46-40-34-28-22-16-10-2)102-122-124(120)123(119)121(101-109)125(127-7,91-89-107-69-83-115(84-70-107)133-97-55-49-43-37-31-25-19-13-5)126(122,128-8)92-90-108-71-85-116(86-72-108)134-98-56-50-44-38-32-26-20-14-6/h61-72,75-86,99-102H,9-56,93-98H2,1-8H3. The van der Waals surface area contributed by atoms with Gasteiger partial charge in [0.25, 0.3) is 0 Å². The molecule has 8 heteroatoms. The average Bonchev–Trinajstić information content (AvgIpc) is 0.671. The first-order valence-corrected chi connectivity index (χ1v) is 52.9. The topological polar surface area (TPSA) is 73.8 Å². The predicted molar refractivity (Wildman–Crippen MR) is 564 cm³/mol. The Bertz CT molecular complexity index is 4930. The Hall–Kier alpha value is -10.4. The van der Waals surface area contributed by atoms with Crippen molar-refractivity contribution in [2.24, 2.45) is 0 Å². The molecule has 2 atom stereocenters. The molecule has 0 aliphatic heterocycles. The van der Waals surface area contributed by atoms with Crippen LogP contribution < -0.4 is 28.4 Å². The zero-order valence-corrected chi connectivity index (χ0v) is 83.6. The molecule has 0 saturated carbocycles. The van der Waals surface area contributed by atoms with Gasteiger partial charge in [-0.15, -0.1) is 0 Å². The minimum Gasteiger partial charge on any atom is -0.494 e. The van der Waals surface area contributed by atoms with Crippen LogP contribution in [0.25, 0.3) is 21.5 Å². The molecule has 9 aromatic rings. The van der Waals surface area contributed by atoms with E-state index in [4.69, 9.17) is 37.9 Å². The Labute approximate surface area is 811 Å². The number of hydrogen-bond acceptors (Lipinski definition) is 8. The Balaban J connectivity index is 1.18. The van der Waals surface area contributed by atoms with E-state index >= 15 is 0 Å². The summed E-state index contributed by atoms with van der Waals surface area (Å²) in [5, 5.41) is 3.32. The Morgan fingerprint density at radius 3 is 0.552 bits per heavy atom. The molecule has 0 amide bonds. The zero-order valence-electron chi connectivity index (χ0n) is 83.6. The van der Waals surface area contributed by atoms with Crippen LogP contribution in [-0.2, 0) is 20.7 Å². The molecule has 0 fully saturated rings. The van der Waals surface area contributed by atoms with E-state index in [1.165, 1.54) is 231 Å². The van der Waals surface area contributed by atoms with Crippen LogP contribution in [0.15, 0.2) is 170 Å². The summed E-state index contributed by atoms with van der Waals surface area (Å²) < 4.78 is 53.5. The third kappa shape index (κ3) is 35.7. The van der Waals surface area contributed by atoms with Gasteiger partial charge in [0.1, 0.15) is 34.5 Å². The van der Waals surface area contributed by atoms with E-state index in [1.54, 1.807) is 14.2 Å². The number of methoxy groups -OCH3 is 2. The predicted octanol–water partition coefficient (Wildman–Crippen LogP) is 33.5. The van der Waals surface area contributed by atoms with Crippen LogP contribution in [0.1, 0.15) is 417 Å². The van der Waals surface area contributed by atoms with E-state index in [1.807, 2.05) is 97.1 Å². The number of benzene rings is 9. The van der Waals surface area contributed by atoms with Crippen molar-refractivity contribution in [1.29, 1.82) is 0 Å². The quantitative estimate of drug-likeness (QED) is 0.0212. The minimum atomic E-state index is -1.74. The fourth-order valence-electron chi connectivity index (χ4n) is 18.0. The highest BCUT2D eigenvalue weighted by Gasteiger charge is 2.59. The highest BCUT2D eigenvalue weighted by Crippen LogP contribution is 2.57. The lowest BCUT2D eigenvalue weighted by Gasteiger charge is -2.47. The Morgan fingerprint density at radius 1 is 0.187 bits per heavy atom. The maximum absolute atomic E-state index is 7.48. The lowest BCUT2D eigenvalue weighted by atomic mass is 9.65. The maximum atomic E-state index is 7.48. The number of unbranched alkanes of at least 4 members (excludes halogenated alkanes) is 42. The van der Waals surface area contributed by atoms with Crippen LogP contribution in [-0.4, -0.2) is 53.9 Å². The van der Waals surface area contributed by atoms with Gasteiger partial charge < -0.3 is 37.9 Å². The normalized spacial score (nSPS) is 13.4. The molecule has 0 N–H and O–H groups in total. The van der Waals surface area contributed by atoms with Gasteiger partial charge in [-0.05, 0) is 219 Å². The SMILES string of the molecule is CCCCCCCCCCOc1ccc(C#Cc2cc3c4c(c2)c(C#Cc2ccc(OCCCCCCCCCC)cc2)c(C#Cc2ccc(OCCCCCCCCCC)cc2)c2cc(C#Cc5ccc(OCCCCCCCCCC)cc5)cc(c24)C(C#Cc2ccc(OCCCCCCCCCC)cc2)(OC)C3(C#Cc2ccc(OCCCCCCCCCC)cc2)OC)cc1. The number of ether oxygens (including phenoxy) is 8.